The smallest absolute Gasteiger partial charge is 0.330 e. The average Bonchev–Trinajstić information content (AvgIpc) is 2.46. The lowest BCUT2D eigenvalue weighted by atomic mass is 9.93. The second-order valence-electron chi connectivity index (χ2n) is 4.67. The van der Waals surface area contributed by atoms with Gasteiger partial charge >= 0.3 is 5.97 Å². The highest BCUT2D eigenvalue weighted by atomic mass is 16.4. The Morgan fingerprint density at radius 2 is 1.95 bits per heavy atom. The van der Waals surface area contributed by atoms with Gasteiger partial charge in [-0.25, -0.2) is 4.79 Å². The summed E-state index contributed by atoms with van der Waals surface area (Å²) in [4.78, 5) is 23.4. The molecule has 2 N–H and O–H groups in total. The van der Waals surface area contributed by atoms with Gasteiger partial charge in [-0.2, -0.15) is 0 Å². The molecular formula is C15H17NO3. The van der Waals surface area contributed by atoms with Gasteiger partial charge in [0.1, 0.15) is 0 Å². The molecule has 1 aliphatic rings. The van der Waals surface area contributed by atoms with Crippen molar-refractivity contribution in [1.29, 1.82) is 0 Å². The van der Waals surface area contributed by atoms with Crippen LogP contribution in [0.5, 0.6) is 0 Å². The molecular weight excluding hydrogens is 242 g/mol. The third-order valence-electron chi connectivity index (χ3n) is 3.31. The Hall–Kier alpha value is -2.10. The second kappa shape index (κ2) is 6.18. The molecule has 2 rings (SSSR count). The Kier molecular flexibility index (Phi) is 4.34. The number of carboxylic acids is 1. The van der Waals surface area contributed by atoms with Crippen molar-refractivity contribution in [2.45, 2.75) is 25.3 Å². The fourth-order valence-electron chi connectivity index (χ4n) is 2.22. The van der Waals surface area contributed by atoms with Gasteiger partial charge in [0.25, 0.3) is 0 Å². The lowest BCUT2D eigenvalue weighted by Crippen LogP contribution is -2.38. The molecule has 1 amide bonds. The first-order valence-corrected chi connectivity index (χ1v) is 6.41. The van der Waals surface area contributed by atoms with Gasteiger partial charge in [-0.05, 0) is 24.8 Å². The second-order valence-corrected chi connectivity index (χ2v) is 4.67. The number of hydrogen-bond acceptors (Lipinski definition) is 2. The van der Waals surface area contributed by atoms with Crippen LogP contribution in [0.25, 0.3) is 0 Å². The van der Waals surface area contributed by atoms with Crippen molar-refractivity contribution < 1.29 is 14.7 Å². The standard InChI is InChI=1S/C15H17NO3/c17-14(12-9-5-2-6-10-12)16-13(15(18)19)11-7-3-1-4-8-11/h1-5,7-8,12-13H,6,9-10H2,(H,16,17)(H,18,19). The molecule has 1 aromatic carbocycles. The van der Waals surface area contributed by atoms with Crippen molar-refractivity contribution >= 4 is 11.9 Å². The van der Waals surface area contributed by atoms with E-state index in [1.165, 1.54) is 0 Å². The van der Waals surface area contributed by atoms with Crippen LogP contribution in [0.4, 0.5) is 0 Å². The maximum Gasteiger partial charge on any atom is 0.330 e. The Balaban J connectivity index is 2.07. The predicted molar refractivity (Wildman–Crippen MR) is 71.4 cm³/mol. The number of allylic oxidation sites excluding steroid dienone is 2. The molecule has 4 nitrogen and oxygen atoms in total. The third-order valence-corrected chi connectivity index (χ3v) is 3.31. The molecule has 4 heteroatoms. The summed E-state index contributed by atoms with van der Waals surface area (Å²) in [5.41, 5.74) is 0.592. The Morgan fingerprint density at radius 3 is 2.53 bits per heavy atom. The minimum atomic E-state index is -1.04. The summed E-state index contributed by atoms with van der Waals surface area (Å²) in [6.07, 6.45) is 6.37. The highest BCUT2D eigenvalue weighted by Gasteiger charge is 2.26. The van der Waals surface area contributed by atoms with E-state index < -0.39 is 12.0 Å². The lowest BCUT2D eigenvalue weighted by Gasteiger charge is -2.21. The van der Waals surface area contributed by atoms with Gasteiger partial charge < -0.3 is 10.4 Å². The van der Waals surface area contributed by atoms with Crippen LogP contribution in [0.2, 0.25) is 0 Å². The summed E-state index contributed by atoms with van der Waals surface area (Å²) in [6, 6.07) is 7.79. The first kappa shape index (κ1) is 13.3. The van der Waals surface area contributed by atoms with E-state index in [2.05, 4.69) is 11.4 Å². The number of nitrogens with one attached hydrogen (secondary N) is 1. The molecule has 0 bridgehead atoms. The number of carbonyl (C=O) groups excluding carboxylic acids is 1. The number of hydrogen-bond donors (Lipinski definition) is 2. The first-order chi connectivity index (χ1) is 9.18. The van der Waals surface area contributed by atoms with Gasteiger partial charge in [-0.1, -0.05) is 42.5 Å². The highest BCUT2D eigenvalue weighted by Crippen LogP contribution is 2.20. The number of carboxylic acid groups (broad SMARTS) is 1. The van der Waals surface area contributed by atoms with E-state index in [0.29, 0.717) is 12.0 Å². The van der Waals surface area contributed by atoms with Crippen molar-refractivity contribution in [1.82, 2.24) is 5.32 Å². The summed E-state index contributed by atoms with van der Waals surface area (Å²) in [7, 11) is 0. The highest BCUT2D eigenvalue weighted by molar-refractivity contribution is 5.86. The van der Waals surface area contributed by atoms with Gasteiger partial charge in [-0.3, -0.25) is 4.79 Å². The molecule has 1 aliphatic carbocycles. The van der Waals surface area contributed by atoms with Crippen LogP contribution < -0.4 is 5.32 Å². The molecule has 0 saturated heterocycles. The molecule has 0 aliphatic heterocycles. The first-order valence-electron chi connectivity index (χ1n) is 6.41. The van der Waals surface area contributed by atoms with E-state index in [0.717, 1.165) is 12.8 Å². The Labute approximate surface area is 112 Å². The molecule has 100 valence electrons. The molecule has 0 aromatic heterocycles. The predicted octanol–water partition coefficient (Wildman–Crippen LogP) is 2.28. The zero-order valence-electron chi connectivity index (χ0n) is 10.6. The largest absolute Gasteiger partial charge is 0.479 e. The van der Waals surface area contributed by atoms with Gasteiger partial charge in [-0.15, -0.1) is 0 Å². The molecule has 0 radical (unpaired) electrons. The van der Waals surface area contributed by atoms with Crippen LogP contribution >= 0.6 is 0 Å². The Bertz CT molecular complexity index is 481. The molecule has 0 spiro atoms. The monoisotopic (exact) mass is 259 g/mol. The van der Waals surface area contributed by atoms with Gasteiger partial charge in [0.15, 0.2) is 6.04 Å². The minimum Gasteiger partial charge on any atom is -0.479 e. The zero-order valence-corrected chi connectivity index (χ0v) is 10.6. The van der Waals surface area contributed by atoms with Crippen LogP contribution in [-0.2, 0) is 9.59 Å². The van der Waals surface area contributed by atoms with Crippen molar-refractivity contribution in [3.05, 3.63) is 48.0 Å². The molecule has 19 heavy (non-hydrogen) atoms. The molecule has 2 unspecified atom stereocenters. The van der Waals surface area contributed by atoms with Crippen LogP contribution in [-0.4, -0.2) is 17.0 Å². The van der Waals surface area contributed by atoms with E-state index in [9.17, 15) is 14.7 Å². The number of benzene rings is 1. The fourth-order valence-corrected chi connectivity index (χ4v) is 2.22. The molecule has 2 atom stereocenters. The van der Waals surface area contributed by atoms with Crippen molar-refractivity contribution in [2.75, 3.05) is 0 Å². The summed E-state index contributed by atoms with van der Waals surface area (Å²) < 4.78 is 0. The van der Waals surface area contributed by atoms with Gasteiger partial charge in [0.2, 0.25) is 5.91 Å². The summed E-state index contributed by atoms with van der Waals surface area (Å²) in [5.74, 6) is -1.33. The number of aliphatic carboxylic acids is 1. The maximum absolute atomic E-state index is 12.1. The molecule has 0 saturated carbocycles. The summed E-state index contributed by atoms with van der Waals surface area (Å²) in [5, 5.41) is 11.9. The van der Waals surface area contributed by atoms with Gasteiger partial charge in [0.05, 0.1) is 0 Å². The normalized spacial score (nSPS) is 19.7. The van der Waals surface area contributed by atoms with Crippen LogP contribution in [0.1, 0.15) is 30.9 Å². The third kappa shape index (κ3) is 3.44. The zero-order chi connectivity index (χ0) is 13.7. The number of amides is 1. The maximum atomic E-state index is 12.1. The van der Waals surface area contributed by atoms with E-state index in [1.807, 2.05) is 12.1 Å². The van der Waals surface area contributed by atoms with E-state index >= 15 is 0 Å². The number of rotatable bonds is 4. The SMILES string of the molecule is O=C(NC(C(=O)O)c1ccccc1)C1CC=CCC1. The molecule has 0 fully saturated rings. The topological polar surface area (TPSA) is 66.4 Å². The van der Waals surface area contributed by atoms with E-state index in [4.69, 9.17) is 0 Å². The van der Waals surface area contributed by atoms with Crippen molar-refractivity contribution in [3.8, 4) is 0 Å². The Morgan fingerprint density at radius 1 is 1.21 bits per heavy atom. The average molecular weight is 259 g/mol. The van der Waals surface area contributed by atoms with Crippen LogP contribution in [0.3, 0.4) is 0 Å². The molecule has 1 aromatic rings. The van der Waals surface area contributed by atoms with Gasteiger partial charge in [0, 0.05) is 5.92 Å². The van der Waals surface area contributed by atoms with E-state index in [-0.39, 0.29) is 11.8 Å². The summed E-state index contributed by atoms with van der Waals surface area (Å²) >= 11 is 0. The van der Waals surface area contributed by atoms with E-state index in [1.54, 1.807) is 24.3 Å². The lowest BCUT2D eigenvalue weighted by molar-refractivity contribution is -0.142. The van der Waals surface area contributed by atoms with Crippen LogP contribution in [0.15, 0.2) is 42.5 Å². The van der Waals surface area contributed by atoms with Crippen LogP contribution in [0, 0.1) is 5.92 Å². The quantitative estimate of drug-likeness (QED) is 0.815. The minimum absolute atomic E-state index is 0.115. The van der Waals surface area contributed by atoms with Crippen molar-refractivity contribution in [2.24, 2.45) is 5.92 Å². The fraction of sp³-hybridized carbons (Fsp3) is 0.333. The van der Waals surface area contributed by atoms with Crippen molar-refractivity contribution in [3.63, 3.8) is 0 Å². The molecule has 0 heterocycles. The summed E-state index contributed by atoms with van der Waals surface area (Å²) in [6.45, 7) is 0. The number of carbonyl (C=O) groups is 2.